The van der Waals surface area contributed by atoms with Gasteiger partial charge in [-0.1, -0.05) is 71.2 Å². The maximum absolute atomic E-state index is 6.48. The van der Waals surface area contributed by atoms with E-state index in [1.165, 1.54) is 0 Å². The van der Waals surface area contributed by atoms with Gasteiger partial charge in [0.2, 0.25) is 0 Å². The van der Waals surface area contributed by atoms with Crippen LogP contribution in [-0.2, 0) is 0 Å². The van der Waals surface area contributed by atoms with Gasteiger partial charge in [-0.3, -0.25) is 0 Å². The van der Waals surface area contributed by atoms with E-state index in [-0.39, 0.29) is 0 Å². The van der Waals surface area contributed by atoms with Gasteiger partial charge in [0.05, 0.1) is 21.4 Å². The quantitative estimate of drug-likeness (QED) is 0.314. The molecule has 5 heteroatoms. The summed E-state index contributed by atoms with van der Waals surface area (Å²) in [6.45, 7) is 0.707. The molecule has 0 N–H and O–H groups in total. The first-order valence-corrected chi connectivity index (χ1v) is 10.2. The summed E-state index contributed by atoms with van der Waals surface area (Å²) in [4.78, 5) is 2.16. The molecule has 0 spiro atoms. The van der Waals surface area contributed by atoms with Crippen molar-refractivity contribution in [3.8, 4) is 11.1 Å². The normalized spacial score (nSPS) is 13.0. The fourth-order valence-electron chi connectivity index (χ4n) is 3.24. The molecule has 0 saturated carbocycles. The van der Waals surface area contributed by atoms with Crippen molar-refractivity contribution in [2.24, 2.45) is 0 Å². The smallest absolute Gasteiger partial charge is 0.0792 e. The molecule has 0 amide bonds. The van der Waals surface area contributed by atoms with Crippen molar-refractivity contribution in [1.82, 2.24) is 0 Å². The van der Waals surface area contributed by atoms with Gasteiger partial charge in [-0.2, -0.15) is 0 Å². The Labute approximate surface area is 181 Å². The zero-order chi connectivity index (χ0) is 18.3. The molecule has 0 aromatic heterocycles. The number of rotatable bonds is 2. The molecule has 1 aliphatic rings. The molecule has 4 rings (SSSR count). The maximum atomic E-state index is 6.48. The summed E-state index contributed by atoms with van der Waals surface area (Å²) < 4.78 is 1.12. The summed E-state index contributed by atoms with van der Waals surface area (Å²) >= 11 is 21.8. The Morgan fingerprint density at radius 1 is 0.808 bits per heavy atom. The minimum absolute atomic E-state index is 0.636. The van der Waals surface area contributed by atoms with Crippen molar-refractivity contribution >= 4 is 74.8 Å². The lowest BCUT2D eigenvalue weighted by molar-refractivity contribution is 1.08. The van der Waals surface area contributed by atoms with E-state index < -0.39 is 0 Å². The fraction of sp³-hybridized carbons (Fsp3) is 0.0476. The van der Waals surface area contributed by atoms with Crippen LogP contribution in [0.2, 0.25) is 15.1 Å². The molecule has 26 heavy (non-hydrogen) atoms. The Balaban J connectivity index is 1.96. The number of halogens is 4. The second kappa shape index (κ2) is 7.43. The van der Waals surface area contributed by atoms with Crippen LogP contribution in [0.25, 0.3) is 17.2 Å². The summed E-state index contributed by atoms with van der Waals surface area (Å²) in [5.41, 5.74) is 5.13. The summed E-state index contributed by atoms with van der Waals surface area (Å²) in [5, 5.41) is 2.01. The number of nitrogens with zero attached hydrogens (tertiary/aromatic N) is 1. The maximum Gasteiger partial charge on any atom is 0.0792 e. The minimum atomic E-state index is 0.636. The highest BCUT2D eigenvalue weighted by Gasteiger charge is 2.23. The molecule has 1 aliphatic heterocycles. The molecule has 3 aromatic carbocycles. The lowest BCUT2D eigenvalue weighted by Gasteiger charge is -2.31. The first-order chi connectivity index (χ1) is 12.6. The molecule has 3 aromatic rings. The topological polar surface area (TPSA) is 3.24 Å². The van der Waals surface area contributed by atoms with E-state index >= 15 is 0 Å². The van der Waals surface area contributed by atoms with Crippen molar-refractivity contribution in [2.75, 3.05) is 11.4 Å². The Morgan fingerprint density at radius 2 is 1.50 bits per heavy atom. The molecule has 0 radical (unpaired) electrons. The van der Waals surface area contributed by atoms with Crippen LogP contribution in [0.3, 0.4) is 0 Å². The lowest BCUT2D eigenvalue weighted by Crippen LogP contribution is -2.21. The van der Waals surface area contributed by atoms with E-state index in [1.54, 1.807) is 0 Å². The van der Waals surface area contributed by atoms with E-state index in [1.807, 2.05) is 42.5 Å². The van der Waals surface area contributed by atoms with Crippen molar-refractivity contribution < 1.29 is 0 Å². The predicted octanol–water partition coefficient (Wildman–Crippen LogP) is 8.08. The highest BCUT2D eigenvalue weighted by atomic mass is 127. The largest absolute Gasteiger partial charge is 0.335 e. The first-order valence-electron chi connectivity index (χ1n) is 8.03. The standard InChI is InChI=1S/C21H13Cl3IN/c22-17-7-2-1-5-14(17)16-11-13(25)12-20-15(16)6-4-10-26(20)21-18(23)8-3-9-19(21)24/h1-9,11-12H,10H2. The SMILES string of the molecule is Clc1ccccc1-c1cc(I)cc2c1C=CCN2c1c(Cl)cccc1Cl. The number of fused-ring (bicyclic) bond motifs is 1. The van der Waals surface area contributed by atoms with Crippen LogP contribution in [0.15, 0.2) is 60.7 Å². The molecular weight excluding hydrogens is 500 g/mol. The van der Waals surface area contributed by atoms with Gasteiger partial charge in [-0.25, -0.2) is 0 Å². The Kier molecular flexibility index (Phi) is 5.20. The predicted molar refractivity (Wildman–Crippen MR) is 122 cm³/mol. The third kappa shape index (κ3) is 3.24. The van der Waals surface area contributed by atoms with Gasteiger partial charge in [-0.15, -0.1) is 0 Å². The molecular formula is C21H13Cl3IN. The molecule has 0 unspecified atom stereocenters. The average Bonchev–Trinajstić information content (AvgIpc) is 2.62. The second-order valence-corrected chi connectivity index (χ2v) is 8.42. The molecule has 0 fully saturated rings. The van der Waals surface area contributed by atoms with Gasteiger partial charge < -0.3 is 4.90 Å². The first kappa shape index (κ1) is 18.2. The van der Waals surface area contributed by atoms with Crippen LogP contribution in [0, 0.1) is 3.57 Å². The molecule has 130 valence electrons. The molecule has 1 heterocycles. The van der Waals surface area contributed by atoms with E-state index in [0.29, 0.717) is 16.6 Å². The summed E-state index contributed by atoms with van der Waals surface area (Å²) in [7, 11) is 0. The molecule has 0 saturated heterocycles. The van der Waals surface area contributed by atoms with Gasteiger partial charge in [0, 0.05) is 26.3 Å². The van der Waals surface area contributed by atoms with E-state index in [4.69, 9.17) is 34.8 Å². The Morgan fingerprint density at radius 3 is 2.23 bits per heavy atom. The van der Waals surface area contributed by atoms with Crippen LogP contribution in [0.5, 0.6) is 0 Å². The number of benzene rings is 3. The molecule has 0 aliphatic carbocycles. The zero-order valence-electron chi connectivity index (χ0n) is 13.5. The molecule has 0 bridgehead atoms. The minimum Gasteiger partial charge on any atom is -0.335 e. The van der Waals surface area contributed by atoms with Crippen molar-refractivity contribution in [2.45, 2.75) is 0 Å². The van der Waals surface area contributed by atoms with E-state index in [9.17, 15) is 0 Å². The van der Waals surface area contributed by atoms with Crippen LogP contribution in [0.4, 0.5) is 11.4 Å². The third-order valence-corrected chi connectivity index (χ3v) is 5.92. The molecule has 1 nitrogen and oxygen atoms in total. The zero-order valence-corrected chi connectivity index (χ0v) is 17.9. The van der Waals surface area contributed by atoms with Crippen LogP contribution in [0.1, 0.15) is 5.56 Å². The summed E-state index contributed by atoms with van der Waals surface area (Å²) in [6.07, 6.45) is 4.26. The van der Waals surface area contributed by atoms with Gasteiger partial charge in [0.25, 0.3) is 0 Å². The number of para-hydroxylation sites is 1. The second-order valence-electron chi connectivity index (χ2n) is 5.95. The van der Waals surface area contributed by atoms with Gasteiger partial charge in [0.1, 0.15) is 0 Å². The fourth-order valence-corrected chi connectivity index (χ4v) is 4.68. The Hall–Kier alpha value is -1.20. The van der Waals surface area contributed by atoms with Crippen molar-refractivity contribution in [3.05, 3.63) is 84.9 Å². The van der Waals surface area contributed by atoms with Crippen LogP contribution in [-0.4, -0.2) is 6.54 Å². The van der Waals surface area contributed by atoms with Gasteiger partial charge >= 0.3 is 0 Å². The monoisotopic (exact) mass is 511 g/mol. The molecule has 0 atom stereocenters. The lowest BCUT2D eigenvalue weighted by atomic mass is 9.95. The number of hydrogen-bond acceptors (Lipinski definition) is 1. The van der Waals surface area contributed by atoms with E-state index in [2.05, 4.69) is 51.8 Å². The number of hydrogen-bond donors (Lipinski definition) is 0. The number of anilines is 2. The average molecular weight is 513 g/mol. The summed E-state index contributed by atoms with van der Waals surface area (Å²) in [6, 6.07) is 17.8. The van der Waals surface area contributed by atoms with Gasteiger partial charge in [-0.05, 0) is 58.5 Å². The van der Waals surface area contributed by atoms with Crippen LogP contribution >= 0.6 is 57.4 Å². The third-order valence-electron chi connectivity index (χ3n) is 4.36. The summed E-state index contributed by atoms with van der Waals surface area (Å²) in [5.74, 6) is 0. The van der Waals surface area contributed by atoms with Crippen LogP contribution < -0.4 is 4.90 Å². The van der Waals surface area contributed by atoms with Crippen molar-refractivity contribution in [1.29, 1.82) is 0 Å². The van der Waals surface area contributed by atoms with E-state index in [0.717, 1.165) is 36.7 Å². The van der Waals surface area contributed by atoms with Crippen molar-refractivity contribution in [3.63, 3.8) is 0 Å². The van der Waals surface area contributed by atoms with Gasteiger partial charge in [0.15, 0.2) is 0 Å². The Bertz CT molecular complexity index is 1010. The highest BCUT2D eigenvalue weighted by Crippen LogP contribution is 2.45. The highest BCUT2D eigenvalue weighted by molar-refractivity contribution is 14.1.